The van der Waals surface area contributed by atoms with Crippen molar-refractivity contribution in [3.05, 3.63) is 63.6 Å². The second-order valence-electron chi connectivity index (χ2n) is 6.35. The van der Waals surface area contributed by atoms with Crippen LogP contribution in [0.1, 0.15) is 30.0 Å². The summed E-state index contributed by atoms with van der Waals surface area (Å²) in [5.74, 6) is 1.04. The normalized spacial score (nSPS) is 13.9. The van der Waals surface area contributed by atoms with Crippen LogP contribution in [0.25, 0.3) is 0 Å². The summed E-state index contributed by atoms with van der Waals surface area (Å²) in [5, 5.41) is 3.10. The van der Waals surface area contributed by atoms with E-state index in [1.54, 1.807) is 0 Å². The van der Waals surface area contributed by atoms with Gasteiger partial charge in [0.25, 0.3) is 0 Å². The molecule has 1 amide bonds. The summed E-state index contributed by atoms with van der Waals surface area (Å²) in [7, 11) is 0. The minimum absolute atomic E-state index is 0.0807. The van der Waals surface area contributed by atoms with E-state index in [4.69, 9.17) is 4.74 Å². The first kappa shape index (κ1) is 17.0. The van der Waals surface area contributed by atoms with Crippen LogP contribution in [0.5, 0.6) is 5.75 Å². The van der Waals surface area contributed by atoms with Crippen molar-refractivity contribution >= 4 is 21.8 Å². The predicted octanol–water partition coefficient (Wildman–Crippen LogP) is 4.06. The predicted molar refractivity (Wildman–Crippen MR) is 99.4 cm³/mol. The number of benzene rings is 2. The average Bonchev–Trinajstić information content (AvgIpc) is 3.02. The zero-order valence-electron chi connectivity index (χ0n) is 13.8. The summed E-state index contributed by atoms with van der Waals surface area (Å²) in [6.45, 7) is 2.81. The van der Waals surface area contributed by atoms with Gasteiger partial charge in [-0.15, -0.1) is 0 Å². The van der Waals surface area contributed by atoms with Crippen molar-refractivity contribution in [3.63, 3.8) is 0 Å². The van der Waals surface area contributed by atoms with Gasteiger partial charge in [0.2, 0.25) is 5.91 Å². The maximum atomic E-state index is 12.2. The van der Waals surface area contributed by atoms with Gasteiger partial charge in [-0.05, 0) is 54.7 Å². The summed E-state index contributed by atoms with van der Waals surface area (Å²) in [6, 6.07) is 14.5. The molecule has 0 aromatic heterocycles. The molecule has 1 heterocycles. The number of carbonyl (C=O) groups is 1. The van der Waals surface area contributed by atoms with Gasteiger partial charge in [0, 0.05) is 16.9 Å². The first-order valence-electron chi connectivity index (χ1n) is 8.38. The molecular formula is C20H22BrNO2. The molecule has 2 aromatic rings. The van der Waals surface area contributed by atoms with E-state index >= 15 is 0 Å². The molecule has 1 unspecified atom stereocenters. The highest BCUT2D eigenvalue weighted by Crippen LogP contribution is 2.26. The number of fused-ring (bicyclic) bond motifs is 1. The van der Waals surface area contributed by atoms with Crippen LogP contribution in [0.15, 0.2) is 46.9 Å². The average molecular weight is 388 g/mol. The van der Waals surface area contributed by atoms with Gasteiger partial charge in [0.15, 0.2) is 0 Å². The van der Waals surface area contributed by atoms with Gasteiger partial charge < -0.3 is 10.1 Å². The topological polar surface area (TPSA) is 38.3 Å². The quantitative estimate of drug-likeness (QED) is 0.811. The van der Waals surface area contributed by atoms with Crippen molar-refractivity contribution in [3.8, 4) is 5.75 Å². The Morgan fingerprint density at radius 3 is 2.75 bits per heavy atom. The molecule has 1 N–H and O–H groups in total. The number of aryl methyl sites for hydroxylation is 1. The van der Waals surface area contributed by atoms with Crippen molar-refractivity contribution < 1.29 is 9.53 Å². The molecule has 0 aliphatic carbocycles. The Bertz CT molecular complexity index is 712. The van der Waals surface area contributed by atoms with Gasteiger partial charge in [-0.2, -0.15) is 0 Å². The van der Waals surface area contributed by atoms with E-state index in [-0.39, 0.29) is 11.9 Å². The summed E-state index contributed by atoms with van der Waals surface area (Å²) in [6.07, 6.45) is 3.26. The van der Waals surface area contributed by atoms with Gasteiger partial charge in [0.05, 0.1) is 13.0 Å². The van der Waals surface area contributed by atoms with Crippen LogP contribution in [-0.4, -0.2) is 18.6 Å². The molecule has 4 heteroatoms. The molecule has 1 aliphatic rings. The maximum Gasteiger partial charge on any atom is 0.224 e. The van der Waals surface area contributed by atoms with Crippen molar-refractivity contribution in [2.24, 2.45) is 0 Å². The van der Waals surface area contributed by atoms with Crippen molar-refractivity contribution in [1.29, 1.82) is 0 Å². The minimum atomic E-state index is 0.0807. The molecule has 3 nitrogen and oxygen atoms in total. The van der Waals surface area contributed by atoms with E-state index in [9.17, 15) is 4.79 Å². The second-order valence-corrected chi connectivity index (χ2v) is 7.27. The summed E-state index contributed by atoms with van der Waals surface area (Å²) >= 11 is 3.44. The molecule has 0 radical (unpaired) electrons. The Labute approximate surface area is 151 Å². The summed E-state index contributed by atoms with van der Waals surface area (Å²) < 4.78 is 6.59. The fourth-order valence-electron chi connectivity index (χ4n) is 2.97. The molecule has 126 valence electrons. The molecule has 1 atom stereocenters. The van der Waals surface area contributed by atoms with Crippen molar-refractivity contribution in [1.82, 2.24) is 5.32 Å². The standard InChI is InChI=1S/C20H22BrNO2/c1-14(2-3-15-4-7-18(21)8-5-15)22-20(23)13-16-6-9-19-17(12-16)10-11-24-19/h4-9,12,14H,2-3,10-11,13H2,1H3,(H,22,23). The molecular weight excluding hydrogens is 366 g/mol. The third-order valence-corrected chi connectivity index (χ3v) is 4.83. The summed E-state index contributed by atoms with van der Waals surface area (Å²) in [5.41, 5.74) is 3.55. The molecule has 24 heavy (non-hydrogen) atoms. The number of ether oxygens (including phenoxy) is 1. The van der Waals surface area contributed by atoms with E-state index in [2.05, 4.69) is 58.5 Å². The third-order valence-electron chi connectivity index (χ3n) is 4.31. The van der Waals surface area contributed by atoms with Crippen LogP contribution in [-0.2, 0) is 24.1 Å². The molecule has 0 saturated carbocycles. The molecule has 0 fully saturated rings. The highest BCUT2D eigenvalue weighted by Gasteiger charge is 2.14. The number of hydrogen-bond donors (Lipinski definition) is 1. The monoisotopic (exact) mass is 387 g/mol. The highest BCUT2D eigenvalue weighted by molar-refractivity contribution is 9.10. The van der Waals surface area contributed by atoms with Crippen molar-refractivity contribution in [2.75, 3.05) is 6.61 Å². The Hall–Kier alpha value is -1.81. The minimum Gasteiger partial charge on any atom is -0.493 e. The van der Waals surface area contributed by atoms with Crippen molar-refractivity contribution in [2.45, 2.75) is 38.6 Å². The lowest BCUT2D eigenvalue weighted by Gasteiger charge is -2.14. The Kier molecular flexibility index (Phi) is 5.56. The Morgan fingerprint density at radius 1 is 1.21 bits per heavy atom. The number of hydrogen-bond acceptors (Lipinski definition) is 2. The smallest absolute Gasteiger partial charge is 0.224 e. The zero-order valence-corrected chi connectivity index (χ0v) is 15.4. The van der Waals surface area contributed by atoms with Gasteiger partial charge in [-0.25, -0.2) is 0 Å². The van der Waals surface area contributed by atoms with E-state index in [0.29, 0.717) is 6.42 Å². The van der Waals surface area contributed by atoms with Crippen LogP contribution in [0, 0.1) is 0 Å². The van der Waals surface area contributed by atoms with Crippen LogP contribution < -0.4 is 10.1 Å². The van der Waals surface area contributed by atoms with E-state index in [1.807, 2.05) is 12.1 Å². The number of amides is 1. The van der Waals surface area contributed by atoms with E-state index in [1.165, 1.54) is 11.1 Å². The Morgan fingerprint density at radius 2 is 1.96 bits per heavy atom. The maximum absolute atomic E-state index is 12.2. The van der Waals surface area contributed by atoms with Crippen LogP contribution in [0.3, 0.4) is 0 Å². The number of halogens is 1. The lowest BCUT2D eigenvalue weighted by molar-refractivity contribution is -0.121. The Balaban J connectivity index is 1.46. The van der Waals surface area contributed by atoms with Crippen LogP contribution in [0.2, 0.25) is 0 Å². The van der Waals surface area contributed by atoms with Gasteiger partial charge in [0.1, 0.15) is 5.75 Å². The van der Waals surface area contributed by atoms with Gasteiger partial charge >= 0.3 is 0 Å². The third kappa shape index (κ3) is 4.60. The number of carbonyl (C=O) groups excluding carboxylic acids is 1. The molecule has 0 spiro atoms. The highest BCUT2D eigenvalue weighted by atomic mass is 79.9. The number of rotatable bonds is 6. The number of nitrogens with one attached hydrogen (secondary N) is 1. The van der Waals surface area contributed by atoms with Crippen LogP contribution in [0.4, 0.5) is 0 Å². The van der Waals surface area contributed by atoms with E-state index in [0.717, 1.165) is 41.7 Å². The fourth-order valence-corrected chi connectivity index (χ4v) is 3.23. The first-order valence-corrected chi connectivity index (χ1v) is 9.18. The largest absolute Gasteiger partial charge is 0.493 e. The molecule has 0 bridgehead atoms. The zero-order chi connectivity index (χ0) is 16.9. The molecule has 0 saturated heterocycles. The summed E-state index contributed by atoms with van der Waals surface area (Å²) in [4.78, 5) is 12.2. The van der Waals surface area contributed by atoms with Crippen LogP contribution >= 0.6 is 15.9 Å². The lowest BCUT2D eigenvalue weighted by Crippen LogP contribution is -2.34. The van der Waals surface area contributed by atoms with Gasteiger partial charge in [-0.3, -0.25) is 4.79 Å². The van der Waals surface area contributed by atoms with Gasteiger partial charge in [-0.1, -0.05) is 40.2 Å². The molecule has 3 rings (SSSR count). The van der Waals surface area contributed by atoms with E-state index < -0.39 is 0 Å². The molecule has 1 aliphatic heterocycles. The first-order chi connectivity index (χ1) is 11.6. The lowest BCUT2D eigenvalue weighted by atomic mass is 10.0. The molecule has 2 aromatic carbocycles. The SMILES string of the molecule is CC(CCc1ccc(Br)cc1)NC(=O)Cc1ccc2c(c1)CCO2. The fraction of sp³-hybridized carbons (Fsp3) is 0.350. The second kappa shape index (κ2) is 7.84.